The first-order valence-electron chi connectivity index (χ1n) is 6.41. The molecule has 2 heterocycles. The third-order valence-electron chi connectivity index (χ3n) is 3.01. The van der Waals surface area contributed by atoms with Gasteiger partial charge in [-0.1, -0.05) is 19.4 Å². The van der Waals surface area contributed by atoms with Gasteiger partial charge in [0.1, 0.15) is 0 Å². The Labute approximate surface area is 112 Å². The Balaban J connectivity index is 2.49. The Hall–Kier alpha value is -1.78. The van der Waals surface area contributed by atoms with Crippen molar-refractivity contribution in [2.45, 2.75) is 26.2 Å². The summed E-state index contributed by atoms with van der Waals surface area (Å²) in [6, 6.07) is 6.92. The van der Waals surface area contributed by atoms with Crippen LogP contribution < -0.4 is 5.46 Å². The quantitative estimate of drug-likeness (QED) is 0.772. The number of halogens is 2. The lowest BCUT2D eigenvalue weighted by Gasteiger charge is -2.11. The van der Waals surface area contributed by atoms with Crippen LogP contribution in [0, 0.1) is 0 Å². The number of rotatable bonds is 5. The van der Waals surface area contributed by atoms with E-state index in [1.165, 1.54) is 0 Å². The molecular weight excluding hydrogens is 245 g/mol. The summed E-state index contributed by atoms with van der Waals surface area (Å²) in [6.07, 6.45) is 5.69. The highest BCUT2D eigenvalue weighted by molar-refractivity contribution is 6.62. The minimum Gasteiger partial charge on any atom is -0.281 e. The molecule has 5 heteroatoms. The summed E-state index contributed by atoms with van der Waals surface area (Å²) in [7, 11) is -2.53. The van der Waals surface area contributed by atoms with Crippen molar-refractivity contribution >= 4 is 12.7 Å². The van der Waals surface area contributed by atoms with E-state index in [9.17, 15) is 8.63 Å². The van der Waals surface area contributed by atoms with Gasteiger partial charge in [-0.2, -0.15) is 0 Å². The van der Waals surface area contributed by atoms with Crippen LogP contribution in [0.25, 0.3) is 11.4 Å². The molecule has 0 aromatic carbocycles. The molecule has 19 heavy (non-hydrogen) atoms. The zero-order valence-corrected chi connectivity index (χ0v) is 10.8. The zero-order chi connectivity index (χ0) is 13.7. The molecule has 2 aromatic heterocycles. The molecule has 0 aliphatic rings. The molecule has 0 unspecified atom stereocenters. The third-order valence-corrected chi connectivity index (χ3v) is 3.01. The van der Waals surface area contributed by atoms with Crippen molar-refractivity contribution in [3.8, 4) is 11.4 Å². The topological polar surface area (TPSA) is 25.8 Å². The highest BCUT2D eigenvalue weighted by atomic mass is 19.2. The first kappa shape index (κ1) is 13.7. The summed E-state index contributed by atoms with van der Waals surface area (Å²) in [5.41, 5.74) is 1.49. The molecule has 0 aliphatic carbocycles. The maximum absolute atomic E-state index is 13.3. The van der Waals surface area contributed by atoms with Crippen LogP contribution in [0.5, 0.6) is 0 Å². The number of aromatic nitrogens is 2. The third kappa shape index (κ3) is 3.16. The molecule has 2 aromatic rings. The first-order chi connectivity index (χ1) is 9.24. The first-order valence-corrected chi connectivity index (χ1v) is 6.41. The second-order valence-electron chi connectivity index (χ2n) is 4.35. The monoisotopic (exact) mass is 260 g/mol. The molecule has 0 N–H and O–H groups in total. The molecule has 0 atom stereocenters. The molecule has 0 fully saturated rings. The second kappa shape index (κ2) is 6.41. The summed E-state index contributed by atoms with van der Waals surface area (Å²) in [6.45, 7) is 2.04. The summed E-state index contributed by atoms with van der Waals surface area (Å²) < 4.78 is 26.7. The minimum absolute atomic E-state index is 0.0228. The number of pyridine rings is 2. The van der Waals surface area contributed by atoms with Gasteiger partial charge in [0.05, 0.1) is 11.4 Å². The molecule has 98 valence electrons. The molecule has 0 radical (unpaired) electrons. The van der Waals surface area contributed by atoms with Crippen LogP contribution in [0.3, 0.4) is 0 Å². The van der Waals surface area contributed by atoms with E-state index in [1.807, 2.05) is 6.92 Å². The normalized spacial score (nSPS) is 10.5. The standard InChI is InChI=1S/C14H15BF2N2/c1-2-3-6-11-8-10-19-14(13(11)15(16)17)12-7-4-5-9-18-12/h4-5,7-10H,2-3,6H2,1H3. The Morgan fingerprint density at radius 3 is 2.58 bits per heavy atom. The van der Waals surface area contributed by atoms with Crippen LogP contribution in [-0.4, -0.2) is 17.2 Å². The van der Waals surface area contributed by atoms with Crippen molar-refractivity contribution in [2.75, 3.05) is 0 Å². The van der Waals surface area contributed by atoms with Crippen molar-refractivity contribution in [2.24, 2.45) is 0 Å². The van der Waals surface area contributed by atoms with Crippen LogP contribution in [0.2, 0.25) is 0 Å². The Morgan fingerprint density at radius 2 is 1.95 bits per heavy atom. The number of hydrogen-bond acceptors (Lipinski definition) is 2. The van der Waals surface area contributed by atoms with Crippen LogP contribution in [0.4, 0.5) is 8.63 Å². The van der Waals surface area contributed by atoms with Gasteiger partial charge in [-0.3, -0.25) is 18.6 Å². The molecule has 0 aliphatic heterocycles. The lowest BCUT2D eigenvalue weighted by atomic mass is 9.78. The van der Waals surface area contributed by atoms with Crippen molar-refractivity contribution < 1.29 is 8.63 Å². The van der Waals surface area contributed by atoms with E-state index in [0.717, 1.165) is 12.8 Å². The smallest absolute Gasteiger partial charge is 0.281 e. The van der Waals surface area contributed by atoms with Crippen LogP contribution in [-0.2, 0) is 6.42 Å². The lowest BCUT2D eigenvalue weighted by molar-refractivity contribution is 0.682. The molecular formula is C14H15BF2N2. The Kier molecular flexibility index (Phi) is 4.60. The van der Waals surface area contributed by atoms with E-state index < -0.39 is 7.27 Å². The largest absolute Gasteiger partial charge is 0.574 e. The van der Waals surface area contributed by atoms with Crippen LogP contribution >= 0.6 is 0 Å². The molecule has 0 saturated carbocycles. The highest BCUT2D eigenvalue weighted by Gasteiger charge is 2.26. The summed E-state index contributed by atoms with van der Waals surface area (Å²) in [4.78, 5) is 8.21. The predicted molar refractivity (Wildman–Crippen MR) is 73.7 cm³/mol. The van der Waals surface area contributed by atoms with Crippen LogP contribution in [0.15, 0.2) is 36.7 Å². The molecule has 0 saturated heterocycles. The van der Waals surface area contributed by atoms with E-state index in [4.69, 9.17) is 0 Å². The summed E-state index contributed by atoms with van der Waals surface area (Å²) in [5.74, 6) is 0. The van der Waals surface area contributed by atoms with Crippen LogP contribution in [0.1, 0.15) is 25.3 Å². The average Bonchev–Trinajstić information content (AvgIpc) is 2.45. The fourth-order valence-electron chi connectivity index (χ4n) is 2.05. The fraction of sp³-hybridized carbons (Fsp3) is 0.286. The van der Waals surface area contributed by atoms with Gasteiger partial charge in [-0.05, 0) is 36.6 Å². The van der Waals surface area contributed by atoms with E-state index in [-0.39, 0.29) is 5.46 Å². The molecule has 0 amide bonds. The van der Waals surface area contributed by atoms with Crippen molar-refractivity contribution in [3.63, 3.8) is 0 Å². The van der Waals surface area contributed by atoms with Gasteiger partial charge in [0, 0.05) is 17.9 Å². The summed E-state index contributed by atoms with van der Waals surface area (Å²) >= 11 is 0. The van der Waals surface area contributed by atoms with Gasteiger partial charge in [0.25, 0.3) is 0 Å². The molecule has 2 rings (SSSR count). The van der Waals surface area contributed by atoms with Gasteiger partial charge in [0.2, 0.25) is 0 Å². The van der Waals surface area contributed by atoms with Gasteiger partial charge in [-0.15, -0.1) is 0 Å². The molecule has 0 spiro atoms. The van der Waals surface area contributed by atoms with Crippen molar-refractivity contribution in [1.82, 2.24) is 9.97 Å². The number of hydrogen-bond donors (Lipinski definition) is 0. The van der Waals surface area contributed by atoms with Gasteiger partial charge in [-0.25, -0.2) is 0 Å². The van der Waals surface area contributed by atoms with Gasteiger partial charge in [0.15, 0.2) is 0 Å². The second-order valence-corrected chi connectivity index (χ2v) is 4.35. The number of unbranched alkanes of at least 4 members (excludes halogenated alkanes) is 1. The Morgan fingerprint density at radius 1 is 1.11 bits per heavy atom. The van der Waals surface area contributed by atoms with E-state index in [0.29, 0.717) is 23.4 Å². The average molecular weight is 260 g/mol. The highest BCUT2D eigenvalue weighted by Crippen LogP contribution is 2.16. The SMILES string of the molecule is CCCCc1ccnc(-c2ccccn2)c1B(F)F. The van der Waals surface area contributed by atoms with Gasteiger partial charge >= 0.3 is 7.27 Å². The maximum atomic E-state index is 13.3. The van der Waals surface area contributed by atoms with E-state index in [2.05, 4.69) is 9.97 Å². The lowest BCUT2D eigenvalue weighted by Crippen LogP contribution is -2.28. The van der Waals surface area contributed by atoms with Crippen molar-refractivity contribution in [3.05, 3.63) is 42.2 Å². The van der Waals surface area contributed by atoms with Gasteiger partial charge < -0.3 is 0 Å². The summed E-state index contributed by atoms with van der Waals surface area (Å²) in [5, 5.41) is 0. The molecule has 0 bridgehead atoms. The predicted octanol–water partition coefficient (Wildman–Crippen LogP) is 3.12. The van der Waals surface area contributed by atoms with E-state index in [1.54, 1.807) is 36.7 Å². The molecule has 2 nitrogen and oxygen atoms in total. The number of nitrogens with zero attached hydrogens (tertiary/aromatic N) is 2. The minimum atomic E-state index is -2.53. The number of aryl methyl sites for hydroxylation is 1. The zero-order valence-electron chi connectivity index (χ0n) is 10.8. The maximum Gasteiger partial charge on any atom is 0.574 e. The van der Waals surface area contributed by atoms with Crippen molar-refractivity contribution in [1.29, 1.82) is 0 Å². The Bertz CT molecular complexity index is 532. The fourth-order valence-corrected chi connectivity index (χ4v) is 2.05. The van der Waals surface area contributed by atoms with E-state index >= 15 is 0 Å².